The average molecular weight is 1360 g/mol. The minimum absolute atomic E-state index is 0.861. The van der Waals surface area contributed by atoms with Crippen molar-refractivity contribution in [2.45, 2.75) is 248 Å². The van der Waals surface area contributed by atoms with Crippen molar-refractivity contribution >= 4 is 23.7 Å². The van der Waals surface area contributed by atoms with Crippen molar-refractivity contribution in [3.63, 3.8) is 0 Å². The van der Waals surface area contributed by atoms with Crippen LogP contribution in [-0.4, -0.2) is 403 Å². The topological polar surface area (TPSA) is 669 Å². The van der Waals surface area contributed by atoms with Crippen LogP contribution >= 0.6 is 0 Å². The van der Waals surface area contributed by atoms with E-state index in [1.807, 2.05) is 0 Å². The van der Waals surface area contributed by atoms with E-state index < -0.39 is 297 Å². The summed E-state index contributed by atoms with van der Waals surface area (Å²) >= 11 is 0. The number of nitrogens with one attached hydrogen (secondary N) is 3. The molecule has 42 heteroatoms. The Hall–Kier alpha value is -3.48. The molecule has 93 heavy (non-hydrogen) atoms. The Bertz CT molecular complexity index is 2410. The molecule has 0 radical (unpaired) electrons. The number of carbonyl (C=O) groups is 4. The highest BCUT2D eigenvalue weighted by atomic mass is 16.8. The first-order valence-corrected chi connectivity index (χ1v) is 29.2. The standard InChI is InChI=1S/C51H85N3O39/c1-12(61)52-23-15(64)4-51(50(79)80,92-41(23)26(66)16(65)5-55)93-43-29(69)19(8-58)85-49(37(43)77)90-40-25(54-14(3)63)46(83-18(7-57)28(40)68)91-42-30(70)22(87-48(36(42)76)89-39-20(9-59)82-44(78)34(74)33(39)73)11-81-45-24(53-13(2)62)31(71)38(21(10-60)86-45)88-47-35(75)32(72)27(67)17(6-56)84-47/h15-49,55-60,64-78H,4-11H2,1-3H3,(H,52,61)(H,53,62)(H,54,63)(H,79,80)/t15-,16+,17+,18+,19+,20+,21+,22+,23+,24+,25+,26+,27-,28+,29-,30-,31+,32-,33+,34+,35+,36+,37+,38+,39+,40+,41+,42-,43-,44+,45+,46-,47-,48-,49-,51+/m0/s1. The molecule has 0 aromatic rings. The van der Waals surface area contributed by atoms with Crippen LogP contribution in [0.5, 0.6) is 0 Å². The highest BCUT2D eigenvalue weighted by Crippen LogP contribution is 2.40. The molecule has 0 aromatic carbocycles. The van der Waals surface area contributed by atoms with E-state index in [0.717, 1.165) is 20.8 Å². The molecule has 7 heterocycles. The van der Waals surface area contributed by atoms with Crippen molar-refractivity contribution in [1.82, 2.24) is 16.0 Å². The number of carbonyl (C=O) groups excluding carboxylic acids is 3. The normalized spacial score (nSPS) is 47.2. The Labute approximate surface area is 525 Å². The van der Waals surface area contributed by atoms with E-state index in [-0.39, 0.29) is 0 Å². The summed E-state index contributed by atoms with van der Waals surface area (Å²) in [7, 11) is 0. The molecule has 3 amide bonds. The first-order valence-electron chi connectivity index (χ1n) is 29.2. The van der Waals surface area contributed by atoms with Crippen LogP contribution in [0, 0.1) is 0 Å². The molecule has 7 aliphatic rings. The van der Waals surface area contributed by atoms with Gasteiger partial charge in [-0.1, -0.05) is 0 Å². The first-order chi connectivity index (χ1) is 43.8. The van der Waals surface area contributed by atoms with Gasteiger partial charge in [-0.3, -0.25) is 14.4 Å². The van der Waals surface area contributed by atoms with Crippen molar-refractivity contribution in [2.24, 2.45) is 0 Å². The summed E-state index contributed by atoms with van der Waals surface area (Å²) in [5.74, 6) is -8.15. The van der Waals surface area contributed by atoms with Crippen LogP contribution < -0.4 is 16.0 Å². The van der Waals surface area contributed by atoms with E-state index >= 15 is 0 Å². The predicted molar refractivity (Wildman–Crippen MR) is 284 cm³/mol. The molecule has 0 spiro atoms. The molecule has 7 aliphatic heterocycles. The van der Waals surface area contributed by atoms with Crippen LogP contribution in [0.4, 0.5) is 0 Å². The second-order valence-corrected chi connectivity index (χ2v) is 23.2. The fourth-order valence-electron chi connectivity index (χ4n) is 11.8. The van der Waals surface area contributed by atoms with Gasteiger partial charge in [0.1, 0.15) is 165 Å². The van der Waals surface area contributed by atoms with E-state index in [1.54, 1.807) is 0 Å². The van der Waals surface area contributed by atoms with E-state index in [4.69, 9.17) is 61.6 Å². The van der Waals surface area contributed by atoms with Gasteiger partial charge in [-0.05, 0) is 0 Å². The third kappa shape index (κ3) is 16.8. The lowest BCUT2D eigenvalue weighted by molar-refractivity contribution is -0.390. The van der Waals surface area contributed by atoms with Crippen molar-refractivity contribution in [3.05, 3.63) is 0 Å². The van der Waals surface area contributed by atoms with Gasteiger partial charge in [-0.25, -0.2) is 4.79 Å². The predicted octanol–water partition coefficient (Wildman–Crippen LogP) is -16.6. The van der Waals surface area contributed by atoms with E-state index in [9.17, 15) is 132 Å². The highest BCUT2D eigenvalue weighted by molar-refractivity contribution is 5.77. The van der Waals surface area contributed by atoms with Crippen molar-refractivity contribution in [2.75, 3.05) is 46.2 Å². The lowest BCUT2D eigenvalue weighted by Gasteiger charge is -2.51. The van der Waals surface area contributed by atoms with E-state index in [2.05, 4.69) is 16.0 Å². The molecule has 0 saturated carbocycles. The molecule has 0 unspecified atom stereocenters. The minimum Gasteiger partial charge on any atom is -0.477 e. The molecule has 538 valence electrons. The summed E-state index contributed by atoms with van der Waals surface area (Å²) in [4.78, 5) is 51.1. The van der Waals surface area contributed by atoms with Crippen molar-refractivity contribution in [1.29, 1.82) is 0 Å². The molecular formula is C51H85N3O39. The van der Waals surface area contributed by atoms with Crippen LogP contribution in [-0.2, 0) is 80.8 Å². The van der Waals surface area contributed by atoms with Gasteiger partial charge in [0, 0.05) is 27.2 Å². The van der Waals surface area contributed by atoms with Gasteiger partial charge in [-0.15, -0.1) is 0 Å². The molecule has 25 N–H and O–H groups in total. The Kier molecular flexibility index (Phi) is 27.2. The largest absolute Gasteiger partial charge is 0.477 e. The molecule has 36 atom stereocenters. The number of aliphatic hydroxyl groups is 21. The van der Waals surface area contributed by atoms with Crippen LogP contribution in [0.2, 0.25) is 0 Å². The number of hydrogen-bond acceptors (Lipinski definition) is 38. The summed E-state index contributed by atoms with van der Waals surface area (Å²) in [5, 5.41) is 246. The molecule has 0 bridgehead atoms. The Morgan fingerprint density at radius 1 is 0.441 bits per heavy atom. The maximum absolute atomic E-state index is 13.2. The molecule has 0 aliphatic carbocycles. The number of carboxylic acid groups (broad SMARTS) is 1. The zero-order chi connectivity index (χ0) is 69.0. The zero-order valence-corrected chi connectivity index (χ0v) is 49.6. The van der Waals surface area contributed by atoms with Crippen LogP contribution in [0.25, 0.3) is 0 Å². The van der Waals surface area contributed by atoms with Gasteiger partial charge in [0.15, 0.2) is 37.7 Å². The second kappa shape index (κ2) is 32.9. The maximum atomic E-state index is 13.2. The Balaban J connectivity index is 1.20. The average Bonchev–Trinajstić information content (AvgIpc) is 0.769. The quantitative estimate of drug-likeness (QED) is 0.0404. The maximum Gasteiger partial charge on any atom is 0.364 e. The summed E-state index contributed by atoms with van der Waals surface area (Å²) in [6.45, 7) is -4.75. The molecule has 7 saturated heterocycles. The monoisotopic (exact) mass is 1360 g/mol. The second-order valence-electron chi connectivity index (χ2n) is 23.2. The SMILES string of the molecule is CC(=O)N[C@H]1[C@H](OC[C@H]2O[C@@H](O[C@H]3[C@H](O)[C@@H](O)[C@H](O)O[C@@H]3CO)[C@H](O)[C@@H](O[C@@H]3O[C@H](CO)[C@@H](O)[C@H](O[C@@H]4O[C@H](CO)[C@H](O)[C@H](O[C@@]5(C(=O)O)C[C@H](O)[C@@H](NC(C)=O)[C@H]([C@H](O)[C@H](O)CO)O5)[C@H]4O)[C@H]3NC(C)=O)[C@H]2O)O[C@H](CO)[C@@H](O[C@@H]2O[C@H](CO)[C@H](O)[C@H](O)[C@H]2O)[C@@H]1O. The van der Waals surface area contributed by atoms with Crippen LogP contribution in [0.1, 0.15) is 27.2 Å². The Morgan fingerprint density at radius 3 is 1.41 bits per heavy atom. The van der Waals surface area contributed by atoms with Gasteiger partial charge in [-0.2, -0.15) is 0 Å². The fraction of sp³-hybridized carbons (Fsp3) is 0.922. The third-order valence-electron chi connectivity index (χ3n) is 16.7. The first kappa shape index (κ1) is 76.9. The van der Waals surface area contributed by atoms with Gasteiger partial charge in [0.05, 0.1) is 58.4 Å². The summed E-state index contributed by atoms with van der Waals surface area (Å²) < 4.78 is 75.1. The number of carboxylic acids is 1. The fourth-order valence-corrected chi connectivity index (χ4v) is 11.8. The summed E-state index contributed by atoms with van der Waals surface area (Å²) in [6, 6.07) is -5.51. The lowest BCUT2D eigenvalue weighted by Crippen LogP contribution is -2.71. The smallest absolute Gasteiger partial charge is 0.364 e. The minimum atomic E-state index is -3.28. The van der Waals surface area contributed by atoms with Crippen molar-refractivity contribution in [3.8, 4) is 0 Å². The Morgan fingerprint density at radius 2 is 0.871 bits per heavy atom. The van der Waals surface area contributed by atoms with Crippen molar-refractivity contribution < 1.29 is 193 Å². The van der Waals surface area contributed by atoms with Gasteiger partial charge in [0.25, 0.3) is 5.79 Å². The number of hydrogen-bond donors (Lipinski definition) is 25. The molecular weight excluding hydrogens is 1280 g/mol. The van der Waals surface area contributed by atoms with Gasteiger partial charge < -0.3 is 190 Å². The highest BCUT2D eigenvalue weighted by Gasteiger charge is 2.62. The van der Waals surface area contributed by atoms with E-state index in [0.29, 0.717) is 0 Å². The van der Waals surface area contributed by atoms with Crippen LogP contribution in [0.3, 0.4) is 0 Å². The van der Waals surface area contributed by atoms with E-state index in [1.165, 1.54) is 0 Å². The van der Waals surface area contributed by atoms with Gasteiger partial charge >= 0.3 is 5.97 Å². The number of amides is 3. The summed E-state index contributed by atoms with van der Waals surface area (Å²) in [6.07, 6.45) is -68.1. The molecule has 42 nitrogen and oxygen atoms in total. The molecule has 0 aromatic heterocycles. The number of aliphatic carboxylic acids is 1. The number of rotatable bonds is 25. The molecule has 7 fully saturated rings. The lowest BCUT2D eigenvalue weighted by atomic mass is 9.88. The zero-order valence-electron chi connectivity index (χ0n) is 49.6. The van der Waals surface area contributed by atoms with Crippen LogP contribution in [0.15, 0.2) is 0 Å². The van der Waals surface area contributed by atoms with Gasteiger partial charge in [0.2, 0.25) is 17.7 Å². The molecule has 7 rings (SSSR count). The number of ether oxygens (including phenoxy) is 13. The number of aliphatic hydroxyl groups excluding tert-OH is 21. The third-order valence-corrected chi connectivity index (χ3v) is 16.7. The summed E-state index contributed by atoms with van der Waals surface area (Å²) in [5.41, 5.74) is 0.